The van der Waals surface area contributed by atoms with Crippen LogP contribution in [-0.2, 0) is 9.47 Å². The highest BCUT2D eigenvalue weighted by Crippen LogP contribution is 2.23. The number of esters is 1. The third-order valence-corrected chi connectivity index (χ3v) is 4.97. The minimum Gasteiger partial charge on any atom is -0.494 e. The first-order valence-electron chi connectivity index (χ1n) is 9.83. The van der Waals surface area contributed by atoms with Crippen LogP contribution in [0.1, 0.15) is 17.3 Å². The first-order chi connectivity index (χ1) is 14.6. The second-order valence-corrected chi connectivity index (χ2v) is 6.80. The van der Waals surface area contributed by atoms with E-state index in [0.717, 1.165) is 5.75 Å². The van der Waals surface area contributed by atoms with Crippen molar-refractivity contribution in [2.75, 3.05) is 44.9 Å². The Bertz CT molecular complexity index is 1120. The zero-order valence-electron chi connectivity index (χ0n) is 17.0. The maximum absolute atomic E-state index is 13.5. The Morgan fingerprint density at radius 2 is 1.87 bits per heavy atom. The number of morpholine rings is 1. The van der Waals surface area contributed by atoms with E-state index in [4.69, 9.17) is 19.2 Å². The average molecular weight is 409 g/mol. The molecule has 0 N–H and O–H groups in total. The summed E-state index contributed by atoms with van der Waals surface area (Å²) < 4.78 is 17.4. The lowest BCUT2D eigenvalue weighted by Crippen LogP contribution is -2.40. The molecule has 0 aliphatic carbocycles. The molecule has 8 heteroatoms. The van der Waals surface area contributed by atoms with Crippen LogP contribution in [0.15, 0.2) is 47.3 Å². The second-order valence-electron chi connectivity index (χ2n) is 6.80. The monoisotopic (exact) mass is 409 g/mol. The third kappa shape index (κ3) is 3.73. The molecule has 0 atom stereocenters. The summed E-state index contributed by atoms with van der Waals surface area (Å²) in [5.41, 5.74) is 1.29. The molecule has 156 valence electrons. The van der Waals surface area contributed by atoms with E-state index in [1.165, 1.54) is 7.11 Å². The first kappa shape index (κ1) is 19.9. The number of rotatable bonds is 5. The summed E-state index contributed by atoms with van der Waals surface area (Å²) in [6.07, 6.45) is 0. The molecular weight excluding hydrogens is 386 g/mol. The Labute approximate surface area is 173 Å². The summed E-state index contributed by atoms with van der Waals surface area (Å²) in [6, 6.07) is 12.1. The quantitative estimate of drug-likeness (QED) is 0.599. The van der Waals surface area contributed by atoms with Gasteiger partial charge in [-0.15, -0.1) is 0 Å². The van der Waals surface area contributed by atoms with Gasteiger partial charge < -0.3 is 19.1 Å². The predicted octanol–water partition coefficient (Wildman–Crippen LogP) is 2.41. The number of methoxy groups -OCH3 is 1. The number of ether oxygens (including phenoxy) is 3. The van der Waals surface area contributed by atoms with Crippen molar-refractivity contribution >= 4 is 22.8 Å². The van der Waals surface area contributed by atoms with E-state index >= 15 is 0 Å². The van der Waals surface area contributed by atoms with Crippen molar-refractivity contribution < 1.29 is 19.0 Å². The lowest BCUT2D eigenvalue weighted by atomic mass is 10.1. The summed E-state index contributed by atoms with van der Waals surface area (Å²) in [5, 5.41) is 0.425. The molecule has 1 fully saturated rings. The van der Waals surface area contributed by atoms with Gasteiger partial charge in [0.25, 0.3) is 5.56 Å². The molecule has 30 heavy (non-hydrogen) atoms. The molecule has 8 nitrogen and oxygen atoms in total. The molecule has 0 saturated carbocycles. The van der Waals surface area contributed by atoms with Crippen LogP contribution >= 0.6 is 0 Å². The Balaban J connectivity index is 1.91. The van der Waals surface area contributed by atoms with Crippen LogP contribution in [0, 0.1) is 0 Å². The Morgan fingerprint density at radius 3 is 2.53 bits per heavy atom. The molecule has 0 spiro atoms. The highest BCUT2D eigenvalue weighted by molar-refractivity contribution is 5.94. The summed E-state index contributed by atoms with van der Waals surface area (Å²) in [6.45, 7) is 4.83. The van der Waals surface area contributed by atoms with E-state index < -0.39 is 5.97 Å². The van der Waals surface area contributed by atoms with Gasteiger partial charge in [0.05, 0.1) is 49.1 Å². The number of aromatic nitrogens is 2. The van der Waals surface area contributed by atoms with Crippen LogP contribution in [0.3, 0.4) is 0 Å². The third-order valence-electron chi connectivity index (χ3n) is 4.97. The Kier molecular flexibility index (Phi) is 5.67. The van der Waals surface area contributed by atoms with E-state index in [0.29, 0.717) is 61.0 Å². The minimum atomic E-state index is -0.470. The van der Waals surface area contributed by atoms with Crippen LogP contribution in [-0.4, -0.2) is 55.5 Å². The lowest BCUT2D eigenvalue weighted by Gasteiger charge is -2.30. The average Bonchev–Trinajstić information content (AvgIpc) is 2.79. The van der Waals surface area contributed by atoms with Crippen LogP contribution in [0.25, 0.3) is 16.6 Å². The summed E-state index contributed by atoms with van der Waals surface area (Å²) in [4.78, 5) is 32.2. The fourth-order valence-electron chi connectivity index (χ4n) is 3.49. The second kappa shape index (κ2) is 8.54. The topological polar surface area (TPSA) is 82.9 Å². The largest absolute Gasteiger partial charge is 0.494 e. The van der Waals surface area contributed by atoms with Crippen LogP contribution in [0.5, 0.6) is 5.75 Å². The SMILES string of the molecule is CCOc1ccc(-n2c(N3CCOCC3)nc3cc(C(=O)OC)ccc3c2=O)cc1. The molecule has 2 heterocycles. The Hall–Kier alpha value is -3.39. The Morgan fingerprint density at radius 1 is 1.13 bits per heavy atom. The molecule has 0 unspecified atom stereocenters. The predicted molar refractivity (Wildman–Crippen MR) is 113 cm³/mol. The molecular formula is C22H23N3O5. The number of nitrogens with zero attached hydrogens (tertiary/aromatic N) is 3. The molecule has 2 aromatic carbocycles. The van der Waals surface area contributed by atoms with Gasteiger partial charge in [0.1, 0.15) is 5.75 Å². The van der Waals surface area contributed by atoms with Gasteiger partial charge in [0.2, 0.25) is 5.95 Å². The normalized spacial score (nSPS) is 14.0. The van der Waals surface area contributed by atoms with Gasteiger partial charge in [-0.25, -0.2) is 14.3 Å². The molecule has 1 aromatic heterocycles. The van der Waals surface area contributed by atoms with Gasteiger partial charge in [-0.3, -0.25) is 4.79 Å². The van der Waals surface area contributed by atoms with Gasteiger partial charge in [-0.2, -0.15) is 0 Å². The molecule has 4 rings (SSSR count). The summed E-state index contributed by atoms with van der Waals surface area (Å²) in [5.74, 6) is 0.781. The molecule has 0 radical (unpaired) electrons. The number of anilines is 1. The van der Waals surface area contributed by atoms with Crippen molar-refractivity contribution in [2.24, 2.45) is 0 Å². The number of hydrogen-bond acceptors (Lipinski definition) is 7. The van der Waals surface area contributed by atoms with Crippen LogP contribution in [0.2, 0.25) is 0 Å². The van der Waals surface area contributed by atoms with Crippen molar-refractivity contribution in [3.05, 3.63) is 58.4 Å². The first-order valence-corrected chi connectivity index (χ1v) is 9.83. The number of carbonyl (C=O) groups excluding carboxylic acids is 1. The fourth-order valence-corrected chi connectivity index (χ4v) is 3.49. The van der Waals surface area contributed by atoms with Crippen molar-refractivity contribution in [1.29, 1.82) is 0 Å². The minimum absolute atomic E-state index is 0.206. The maximum atomic E-state index is 13.5. The van der Waals surface area contributed by atoms with Gasteiger partial charge in [-0.1, -0.05) is 0 Å². The fraction of sp³-hybridized carbons (Fsp3) is 0.318. The van der Waals surface area contributed by atoms with E-state index in [1.807, 2.05) is 36.1 Å². The van der Waals surface area contributed by atoms with E-state index in [1.54, 1.807) is 22.8 Å². The van der Waals surface area contributed by atoms with E-state index in [2.05, 4.69) is 0 Å². The van der Waals surface area contributed by atoms with Crippen molar-refractivity contribution in [3.63, 3.8) is 0 Å². The van der Waals surface area contributed by atoms with Gasteiger partial charge in [0, 0.05) is 13.1 Å². The van der Waals surface area contributed by atoms with Gasteiger partial charge in [-0.05, 0) is 49.4 Å². The molecule has 0 amide bonds. The zero-order chi connectivity index (χ0) is 21.1. The summed E-state index contributed by atoms with van der Waals surface area (Å²) >= 11 is 0. The van der Waals surface area contributed by atoms with E-state index in [9.17, 15) is 9.59 Å². The maximum Gasteiger partial charge on any atom is 0.337 e. The smallest absolute Gasteiger partial charge is 0.337 e. The molecule has 1 saturated heterocycles. The number of benzene rings is 2. The highest BCUT2D eigenvalue weighted by atomic mass is 16.5. The number of hydrogen-bond donors (Lipinski definition) is 0. The summed E-state index contributed by atoms with van der Waals surface area (Å²) in [7, 11) is 1.32. The van der Waals surface area contributed by atoms with Crippen molar-refractivity contribution in [3.8, 4) is 11.4 Å². The van der Waals surface area contributed by atoms with Crippen molar-refractivity contribution in [2.45, 2.75) is 6.92 Å². The lowest BCUT2D eigenvalue weighted by molar-refractivity contribution is 0.0601. The molecule has 1 aliphatic heterocycles. The van der Waals surface area contributed by atoms with Crippen LogP contribution < -0.4 is 15.2 Å². The molecule has 1 aliphatic rings. The standard InChI is InChI=1S/C22H23N3O5/c1-3-30-17-7-5-16(6-8-17)25-20(26)18-9-4-15(21(27)28-2)14-19(18)23-22(25)24-10-12-29-13-11-24/h4-9,14H,3,10-13H2,1-2H3. The van der Waals surface area contributed by atoms with Crippen LogP contribution in [0.4, 0.5) is 5.95 Å². The van der Waals surface area contributed by atoms with Crippen molar-refractivity contribution in [1.82, 2.24) is 9.55 Å². The number of fused-ring (bicyclic) bond motifs is 1. The van der Waals surface area contributed by atoms with E-state index in [-0.39, 0.29) is 5.56 Å². The number of carbonyl (C=O) groups is 1. The molecule has 0 bridgehead atoms. The van der Waals surface area contributed by atoms with Gasteiger partial charge in [0.15, 0.2) is 0 Å². The molecule has 3 aromatic rings. The van der Waals surface area contributed by atoms with Gasteiger partial charge >= 0.3 is 5.97 Å². The highest BCUT2D eigenvalue weighted by Gasteiger charge is 2.21. The zero-order valence-corrected chi connectivity index (χ0v) is 17.0.